The summed E-state index contributed by atoms with van der Waals surface area (Å²) in [6.07, 6.45) is 8.78. The normalized spacial score (nSPS) is 23.1. The lowest BCUT2D eigenvalue weighted by atomic mass is 9.73. The number of aryl methyl sites for hydroxylation is 2. The van der Waals surface area contributed by atoms with Crippen LogP contribution in [0.2, 0.25) is 0 Å². The van der Waals surface area contributed by atoms with Crippen molar-refractivity contribution in [3.63, 3.8) is 0 Å². The summed E-state index contributed by atoms with van der Waals surface area (Å²) in [7, 11) is 0. The van der Waals surface area contributed by atoms with E-state index in [0.29, 0.717) is 18.4 Å². The molecule has 0 saturated carbocycles. The van der Waals surface area contributed by atoms with E-state index in [2.05, 4.69) is 32.1 Å². The molecule has 3 atom stereocenters. The van der Waals surface area contributed by atoms with Gasteiger partial charge in [0.25, 0.3) is 0 Å². The van der Waals surface area contributed by atoms with Crippen molar-refractivity contribution in [2.24, 2.45) is 11.8 Å². The number of hydrogen-bond donors (Lipinski definition) is 0. The van der Waals surface area contributed by atoms with E-state index in [0.717, 1.165) is 10.4 Å². The van der Waals surface area contributed by atoms with E-state index in [4.69, 9.17) is 9.47 Å². The van der Waals surface area contributed by atoms with Gasteiger partial charge < -0.3 is 9.47 Å². The number of rotatable bonds is 5. The molecular formula is C22H30O3S. The minimum absolute atomic E-state index is 0.290. The van der Waals surface area contributed by atoms with Crippen molar-refractivity contribution in [3.8, 4) is 0 Å². The maximum atomic E-state index is 12.8. The summed E-state index contributed by atoms with van der Waals surface area (Å²) in [4.78, 5) is 15.2. The molecule has 142 valence electrons. The van der Waals surface area contributed by atoms with E-state index in [-0.39, 0.29) is 5.97 Å². The number of hydrogen-bond acceptors (Lipinski definition) is 4. The molecule has 0 aliphatic heterocycles. The van der Waals surface area contributed by atoms with Crippen molar-refractivity contribution in [1.82, 2.24) is 0 Å². The van der Waals surface area contributed by atoms with Crippen LogP contribution in [0.5, 0.6) is 0 Å². The summed E-state index contributed by atoms with van der Waals surface area (Å²) in [5.41, 5.74) is 3.16. The number of carbonyl (C=O) groups is 1. The summed E-state index contributed by atoms with van der Waals surface area (Å²) < 4.78 is 11.6. The third-order valence-corrected chi connectivity index (χ3v) is 6.06. The van der Waals surface area contributed by atoms with Crippen LogP contribution in [0.15, 0.2) is 18.2 Å². The predicted octanol–water partition coefficient (Wildman–Crippen LogP) is 5.76. The molecule has 0 saturated heterocycles. The van der Waals surface area contributed by atoms with Crippen LogP contribution in [-0.4, -0.2) is 18.2 Å². The second kappa shape index (κ2) is 7.32. The van der Waals surface area contributed by atoms with Gasteiger partial charge in [-0.3, -0.25) is 0 Å². The van der Waals surface area contributed by atoms with E-state index >= 15 is 0 Å². The zero-order valence-electron chi connectivity index (χ0n) is 16.7. The van der Waals surface area contributed by atoms with Crippen molar-refractivity contribution in [2.45, 2.75) is 66.1 Å². The molecule has 0 fully saturated rings. The van der Waals surface area contributed by atoms with Gasteiger partial charge in [-0.25, -0.2) is 4.79 Å². The smallest absolute Gasteiger partial charge is 0.340 e. The van der Waals surface area contributed by atoms with Gasteiger partial charge in [-0.05, 0) is 71.4 Å². The summed E-state index contributed by atoms with van der Waals surface area (Å²) in [5, 5.41) is 0. The van der Waals surface area contributed by atoms with Crippen molar-refractivity contribution in [2.75, 3.05) is 6.61 Å². The Hall–Kier alpha value is -1.39. The molecule has 3 aliphatic rings. The van der Waals surface area contributed by atoms with E-state index in [9.17, 15) is 4.79 Å². The minimum atomic E-state index is -0.680. The van der Waals surface area contributed by atoms with Crippen LogP contribution in [0.4, 0.5) is 0 Å². The van der Waals surface area contributed by atoms with Crippen molar-refractivity contribution < 1.29 is 14.3 Å². The van der Waals surface area contributed by atoms with Gasteiger partial charge in [0.05, 0.1) is 12.2 Å². The Kier molecular flexibility index (Phi) is 5.45. The Morgan fingerprint density at radius 2 is 1.96 bits per heavy atom. The monoisotopic (exact) mass is 374 g/mol. The van der Waals surface area contributed by atoms with Crippen molar-refractivity contribution in [3.05, 3.63) is 39.1 Å². The number of fused-ring (bicyclic) bond motifs is 1. The predicted molar refractivity (Wildman–Crippen MR) is 107 cm³/mol. The molecule has 3 nitrogen and oxygen atoms in total. The largest absolute Gasteiger partial charge is 0.464 e. The highest BCUT2D eigenvalue weighted by molar-refractivity contribution is 7.12. The van der Waals surface area contributed by atoms with E-state index < -0.39 is 11.7 Å². The molecule has 3 aliphatic carbocycles. The molecule has 0 radical (unpaired) electrons. The number of thiophene rings is 1. The number of carbonyl (C=O) groups excluding carboxylic acids is 1. The van der Waals surface area contributed by atoms with Crippen LogP contribution in [0.3, 0.4) is 0 Å². The first-order valence-corrected chi connectivity index (χ1v) is 10.4. The van der Waals surface area contributed by atoms with Crippen molar-refractivity contribution in [1.29, 1.82) is 0 Å². The summed E-state index contributed by atoms with van der Waals surface area (Å²) >= 11 is 1.75. The van der Waals surface area contributed by atoms with Gasteiger partial charge in [-0.15, -0.1) is 11.3 Å². The molecule has 1 heterocycles. The molecule has 0 spiro atoms. The lowest BCUT2D eigenvalue weighted by Gasteiger charge is -2.33. The number of esters is 1. The quantitative estimate of drug-likeness (QED) is 0.485. The van der Waals surface area contributed by atoms with Crippen LogP contribution in [0.25, 0.3) is 5.57 Å². The highest BCUT2D eigenvalue weighted by Crippen LogP contribution is 2.47. The molecule has 26 heavy (non-hydrogen) atoms. The molecule has 0 aromatic carbocycles. The van der Waals surface area contributed by atoms with Crippen LogP contribution >= 0.6 is 11.3 Å². The third-order valence-electron chi connectivity index (χ3n) is 5.02. The fraction of sp³-hybridized carbons (Fsp3) is 0.591. The Labute approximate surface area is 161 Å². The summed E-state index contributed by atoms with van der Waals surface area (Å²) in [6, 6.07) is 0. The Morgan fingerprint density at radius 1 is 1.23 bits per heavy atom. The fourth-order valence-corrected chi connectivity index (χ4v) is 5.14. The molecule has 2 bridgehead atoms. The third kappa shape index (κ3) is 3.81. The zero-order chi connectivity index (χ0) is 19.1. The van der Waals surface area contributed by atoms with Gasteiger partial charge in [0, 0.05) is 21.2 Å². The van der Waals surface area contributed by atoms with E-state index in [1.165, 1.54) is 28.9 Å². The topological polar surface area (TPSA) is 35.5 Å². The Morgan fingerprint density at radius 3 is 2.46 bits per heavy atom. The van der Waals surface area contributed by atoms with Crippen LogP contribution in [0, 0.1) is 25.7 Å². The van der Waals surface area contributed by atoms with E-state index in [1.54, 1.807) is 11.3 Å². The maximum absolute atomic E-state index is 12.8. The number of ether oxygens (including phenoxy) is 2. The Bertz CT molecular complexity index is 748. The van der Waals surface area contributed by atoms with Gasteiger partial charge in [0.1, 0.15) is 0 Å². The highest BCUT2D eigenvalue weighted by atomic mass is 32.1. The lowest BCUT2D eigenvalue weighted by Crippen LogP contribution is -2.30. The SMILES string of the molecule is CCOC(=O)C(OC(C)(C)C)c1c(C)sc(C)c1C1=CC2C=CC1CC2. The summed E-state index contributed by atoms with van der Waals surface area (Å²) in [5.74, 6) is 0.678. The van der Waals surface area contributed by atoms with Crippen LogP contribution in [0.1, 0.15) is 67.5 Å². The molecule has 1 aromatic rings. The minimum Gasteiger partial charge on any atom is -0.464 e. The molecular weight excluding hydrogens is 344 g/mol. The van der Waals surface area contributed by atoms with Gasteiger partial charge in [0.2, 0.25) is 0 Å². The second-order valence-corrected chi connectivity index (χ2v) is 9.65. The molecule has 0 N–H and O–H groups in total. The standard InChI is InChI=1S/C22H30O3S/c1-7-24-21(23)20(25-22(4,5)6)19-14(3)26-13(2)18(19)17-12-15-8-10-16(17)11-9-15/h8,10,12,15-16,20H,7,9,11H2,1-6H3. The molecule has 1 aromatic heterocycles. The van der Waals surface area contributed by atoms with Gasteiger partial charge in [-0.2, -0.15) is 0 Å². The van der Waals surface area contributed by atoms with Gasteiger partial charge >= 0.3 is 5.97 Å². The summed E-state index contributed by atoms with van der Waals surface area (Å²) in [6.45, 7) is 12.4. The number of allylic oxidation sites excluding steroid dienone is 4. The maximum Gasteiger partial charge on any atom is 0.340 e. The van der Waals surface area contributed by atoms with Crippen LogP contribution in [-0.2, 0) is 14.3 Å². The first kappa shape index (κ1) is 19.4. The lowest BCUT2D eigenvalue weighted by molar-refractivity contribution is -0.166. The Balaban J connectivity index is 2.09. The van der Waals surface area contributed by atoms with Gasteiger partial charge in [0.15, 0.2) is 6.10 Å². The first-order chi connectivity index (χ1) is 12.2. The molecule has 0 amide bonds. The first-order valence-electron chi connectivity index (χ1n) is 9.56. The zero-order valence-corrected chi connectivity index (χ0v) is 17.5. The average molecular weight is 375 g/mol. The fourth-order valence-electron chi connectivity index (χ4n) is 4.03. The van der Waals surface area contributed by atoms with E-state index in [1.807, 2.05) is 27.7 Å². The van der Waals surface area contributed by atoms with Gasteiger partial charge in [-0.1, -0.05) is 18.2 Å². The highest BCUT2D eigenvalue weighted by Gasteiger charge is 2.36. The van der Waals surface area contributed by atoms with Crippen LogP contribution < -0.4 is 0 Å². The molecule has 4 rings (SSSR count). The molecule has 3 unspecified atom stereocenters. The van der Waals surface area contributed by atoms with Crippen molar-refractivity contribution >= 4 is 22.9 Å². The molecule has 4 heteroatoms. The second-order valence-electron chi connectivity index (χ2n) is 8.22. The average Bonchev–Trinajstić information content (AvgIpc) is 2.87.